The summed E-state index contributed by atoms with van der Waals surface area (Å²) in [5.74, 6) is -0.491. The van der Waals surface area contributed by atoms with Crippen LogP contribution in [0.25, 0.3) is 32.9 Å². The first-order chi connectivity index (χ1) is 18.9. The van der Waals surface area contributed by atoms with E-state index in [1.165, 1.54) is 6.07 Å². The van der Waals surface area contributed by atoms with E-state index in [0.29, 0.717) is 41.0 Å². The number of nitrogens with two attached hydrogens (primary N) is 1. The summed E-state index contributed by atoms with van der Waals surface area (Å²) in [7, 11) is 2.08. The predicted molar refractivity (Wildman–Crippen MR) is 148 cm³/mol. The summed E-state index contributed by atoms with van der Waals surface area (Å²) in [5.41, 5.74) is 6.92. The van der Waals surface area contributed by atoms with Gasteiger partial charge in [-0.25, -0.2) is 8.78 Å². The average molecular weight is 532 g/mol. The van der Waals surface area contributed by atoms with Crippen molar-refractivity contribution in [2.45, 2.75) is 43.8 Å². The summed E-state index contributed by atoms with van der Waals surface area (Å²) in [6.07, 6.45) is 5.96. The van der Waals surface area contributed by atoms with Crippen LogP contribution in [-0.2, 0) is 0 Å². The number of aromatic nitrogens is 3. The summed E-state index contributed by atoms with van der Waals surface area (Å²) in [6, 6.07) is 9.08. The van der Waals surface area contributed by atoms with Crippen LogP contribution in [0.15, 0.2) is 36.5 Å². The highest BCUT2D eigenvalue weighted by atomic mass is 19.1. The van der Waals surface area contributed by atoms with Crippen LogP contribution in [0.5, 0.6) is 6.01 Å². The molecule has 3 aliphatic heterocycles. The number of likely N-dealkylation sites (tertiary alicyclic amines) is 1. The van der Waals surface area contributed by atoms with Crippen molar-refractivity contribution < 1.29 is 13.5 Å². The summed E-state index contributed by atoms with van der Waals surface area (Å²) in [5, 5.41) is 4.99. The molecular formula is C29H31F2N7O. The lowest BCUT2D eigenvalue weighted by atomic mass is 9.99. The number of nitrogen functional groups attached to an aromatic ring is 1. The molecule has 3 fully saturated rings. The van der Waals surface area contributed by atoms with Gasteiger partial charge in [0.1, 0.15) is 29.5 Å². The summed E-state index contributed by atoms with van der Waals surface area (Å²) >= 11 is 0. The predicted octanol–water partition coefficient (Wildman–Crippen LogP) is 4.12. The summed E-state index contributed by atoms with van der Waals surface area (Å²) < 4.78 is 37.5. The van der Waals surface area contributed by atoms with Crippen LogP contribution in [0.1, 0.15) is 25.7 Å². The van der Waals surface area contributed by atoms with Crippen molar-refractivity contribution >= 4 is 33.2 Å². The van der Waals surface area contributed by atoms with Crippen LogP contribution in [0.3, 0.4) is 0 Å². The van der Waals surface area contributed by atoms with Crippen molar-refractivity contribution in [2.24, 2.45) is 0 Å². The van der Waals surface area contributed by atoms with Crippen molar-refractivity contribution in [3.63, 3.8) is 0 Å². The Labute approximate surface area is 225 Å². The first-order valence-corrected chi connectivity index (χ1v) is 13.6. The zero-order chi connectivity index (χ0) is 26.7. The molecule has 3 N–H and O–H groups in total. The minimum absolute atomic E-state index is 0.00333. The third-order valence-corrected chi connectivity index (χ3v) is 8.44. The number of nitrogens with one attached hydrogen (secondary N) is 1. The topological polar surface area (TPSA) is 92.4 Å². The Morgan fingerprint density at radius 1 is 1.10 bits per heavy atom. The molecule has 0 radical (unpaired) electrons. The number of nitrogens with zero attached hydrogens (tertiary/aromatic N) is 5. The number of rotatable bonds is 5. The molecule has 2 aromatic carbocycles. The van der Waals surface area contributed by atoms with Crippen molar-refractivity contribution in [3.8, 4) is 17.3 Å². The van der Waals surface area contributed by atoms with Crippen LogP contribution in [0, 0.1) is 11.6 Å². The summed E-state index contributed by atoms with van der Waals surface area (Å²) in [6.45, 7) is 2.98. The SMILES string of the molecule is CN1CCC[C@H]1COc1nc(N2CC3CCC(C2)N3)c2cnc(-c3cc(N)cc4cccc(F)c34)c(F)c2n1. The highest BCUT2D eigenvalue weighted by Gasteiger charge is 2.34. The van der Waals surface area contributed by atoms with Gasteiger partial charge in [0.05, 0.1) is 5.39 Å². The quantitative estimate of drug-likeness (QED) is 0.372. The molecule has 0 aliphatic carbocycles. The molecule has 2 aromatic heterocycles. The Morgan fingerprint density at radius 3 is 2.69 bits per heavy atom. The van der Waals surface area contributed by atoms with E-state index in [9.17, 15) is 4.39 Å². The molecule has 10 heteroatoms. The molecule has 0 amide bonds. The van der Waals surface area contributed by atoms with Crippen LogP contribution in [-0.4, -0.2) is 71.3 Å². The number of fused-ring (bicyclic) bond motifs is 4. The van der Waals surface area contributed by atoms with E-state index in [4.69, 9.17) is 15.5 Å². The molecule has 2 unspecified atom stereocenters. The smallest absolute Gasteiger partial charge is 0.319 e. The molecule has 5 heterocycles. The van der Waals surface area contributed by atoms with E-state index in [-0.39, 0.29) is 34.2 Å². The molecule has 4 aromatic rings. The number of benzene rings is 2. The minimum Gasteiger partial charge on any atom is -0.462 e. The number of pyridine rings is 1. The molecule has 0 saturated carbocycles. The van der Waals surface area contributed by atoms with Gasteiger partial charge in [0, 0.05) is 54.0 Å². The Kier molecular flexibility index (Phi) is 5.97. The van der Waals surface area contributed by atoms with Gasteiger partial charge in [0.25, 0.3) is 0 Å². The lowest BCUT2D eigenvalue weighted by molar-refractivity contribution is 0.188. The van der Waals surface area contributed by atoms with Gasteiger partial charge in [-0.05, 0) is 62.9 Å². The van der Waals surface area contributed by atoms with Gasteiger partial charge < -0.3 is 25.6 Å². The number of hydrogen-bond acceptors (Lipinski definition) is 8. The Hall–Kier alpha value is -3.63. The second-order valence-electron chi connectivity index (χ2n) is 11.0. The zero-order valence-corrected chi connectivity index (χ0v) is 21.8. The number of ether oxygens (including phenoxy) is 1. The number of hydrogen-bond donors (Lipinski definition) is 2. The number of halogens is 2. The molecule has 2 bridgehead atoms. The van der Waals surface area contributed by atoms with Crippen LogP contribution < -0.4 is 20.7 Å². The van der Waals surface area contributed by atoms with E-state index in [0.717, 1.165) is 45.3 Å². The van der Waals surface area contributed by atoms with E-state index < -0.39 is 11.6 Å². The van der Waals surface area contributed by atoms with Gasteiger partial charge in [-0.15, -0.1) is 0 Å². The van der Waals surface area contributed by atoms with Crippen LogP contribution in [0.2, 0.25) is 0 Å². The maximum absolute atomic E-state index is 16.4. The second kappa shape index (κ2) is 9.53. The van der Waals surface area contributed by atoms with Crippen molar-refractivity contribution in [2.75, 3.05) is 43.9 Å². The highest BCUT2D eigenvalue weighted by Crippen LogP contribution is 2.38. The zero-order valence-electron chi connectivity index (χ0n) is 21.8. The standard InChI is InChI=1S/C29H31F2N7O/c1-37-9-3-5-20(37)15-39-29-35-27-22(28(36-29)38-13-18-7-8-19(14-38)34-18)12-33-26(25(27)31)21-11-17(32)10-16-4-2-6-23(30)24(16)21/h2,4,6,10-12,18-20,34H,3,5,7-9,13-15,32H2,1H3/t18?,19?,20-/m0/s1. The van der Waals surface area contributed by atoms with Gasteiger partial charge in [-0.3, -0.25) is 4.98 Å². The molecule has 8 nitrogen and oxygen atoms in total. The monoisotopic (exact) mass is 531 g/mol. The molecule has 3 atom stereocenters. The fourth-order valence-electron chi connectivity index (χ4n) is 6.44. The molecule has 3 aliphatic rings. The largest absolute Gasteiger partial charge is 0.462 e. The van der Waals surface area contributed by atoms with E-state index in [1.54, 1.807) is 30.5 Å². The van der Waals surface area contributed by atoms with E-state index in [1.807, 2.05) is 0 Å². The fourth-order valence-corrected chi connectivity index (χ4v) is 6.44. The summed E-state index contributed by atoms with van der Waals surface area (Å²) in [4.78, 5) is 18.3. The van der Waals surface area contributed by atoms with Crippen molar-refractivity contribution in [3.05, 3.63) is 48.2 Å². The first kappa shape index (κ1) is 24.4. The lowest BCUT2D eigenvalue weighted by Gasteiger charge is -2.34. The normalized spacial score (nSPS) is 23.3. The molecule has 39 heavy (non-hydrogen) atoms. The maximum atomic E-state index is 16.4. The molecule has 202 valence electrons. The third kappa shape index (κ3) is 4.31. The van der Waals surface area contributed by atoms with Gasteiger partial charge in [0.15, 0.2) is 5.82 Å². The van der Waals surface area contributed by atoms with Crippen molar-refractivity contribution in [1.29, 1.82) is 0 Å². The van der Waals surface area contributed by atoms with E-state index in [2.05, 4.69) is 32.1 Å². The number of anilines is 2. The van der Waals surface area contributed by atoms with Gasteiger partial charge in [0.2, 0.25) is 0 Å². The second-order valence-corrected chi connectivity index (χ2v) is 11.0. The van der Waals surface area contributed by atoms with Gasteiger partial charge >= 0.3 is 6.01 Å². The lowest BCUT2D eigenvalue weighted by Crippen LogP contribution is -2.51. The maximum Gasteiger partial charge on any atom is 0.319 e. The highest BCUT2D eigenvalue weighted by molar-refractivity contribution is 6.01. The first-order valence-electron chi connectivity index (χ1n) is 13.6. The van der Waals surface area contributed by atoms with Gasteiger partial charge in [-0.1, -0.05) is 12.1 Å². The fraction of sp³-hybridized carbons (Fsp3) is 0.414. The number of piperazine rings is 1. The minimum atomic E-state index is -0.646. The van der Waals surface area contributed by atoms with Crippen LogP contribution in [0.4, 0.5) is 20.3 Å². The molecular weight excluding hydrogens is 500 g/mol. The van der Waals surface area contributed by atoms with Crippen molar-refractivity contribution in [1.82, 2.24) is 25.2 Å². The molecule has 7 rings (SSSR count). The third-order valence-electron chi connectivity index (χ3n) is 8.44. The number of likely N-dealkylation sites (N-methyl/N-ethyl adjacent to an activating group) is 1. The molecule has 3 saturated heterocycles. The van der Waals surface area contributed by atoms with E-state index >= 15 is 4.39 Å². The van der Waals surface area contributed by atoms with Crippen LogP contribution >= 0.6 is 0 Å². The Bertz CT molecular complexity index is 1570. The Balaban J connectivity index is 1.37. The van der Waals surface area contributed by atoms with Gasteiger partial charge in [-0.2, -0.15) is 9.97 Å². The average Bonchev–Trinajstić information content (AvgIpc) is 3.50. The Morgan fingerprint density at radius 2 is 1.92 bits per heavy atom. The molecule has 0 spiro atoms.